The van der Waals surface area contributed by atoms with Gasteiger partial charge in [0.25, 0.3) is 11.6 Å². The molecule has 0 spiro atoms. The Morgan fingerprint density at radius 2 is 2.00 bits per heavy atom. The number of carbonyl (C=O) groups is 2. The van der Waals surface area contributed by atoms with Crippen LogP contribution in [0.2, 0.25) is 0 Å². The lowest BCUT2D eigenvalue weighted by atomic mass is 10.2. The van der Waals surface area contributed by atoms with E-state index < -0.39 is 16.7 Å². The van der Waals surface area contributed by atoms with Gasteiger partial charge in [0.15, 0.2) is 4.34 Å². The average molecular weight is 385 g/mol. The predicted octanol–water partition coefficient (Wildman–Crippen LogP) is 1.72. The molecular weight excluding hydrogens is 374 g/mol. The molecule has 126 valence electrons. The van der Waals surface area contributed by atoms with Crippen molar-refractivity contribution in [2.24, 2.45) is 0 Å². The molecule has 1 aromatic heterocycles. The third-order valence-corrected chi connectivity index (χ3v) is 5.05. The van der Waals surface area contributed by atoms with Crippen LogP contribution in [-0.2, 0) is 4.79 Å². The first-order valence-corrected chi connectivity index (χ1v) is 9.32. The lowest BCUT2D eigenvalue weighted by Gasteiger charge is -2.06. The van der Waals surface area contributed by atoms with Crippen LogP contribution < -0.4 is 10.9 Å². The fourth-order valence-corrected chi connectivity index (χ4v) is 3.44. The number of hydrazine groups is 1. The number of non-ortho nitro benzene ring substituents is 1. The topological polar surface area (TPSA) is 127 Å². The van der Waals surface area contributed by atoms with Gasteiger partial charge >= 0.3 is 0 Å². The molecule has 0 atom stereocenters. The smallest absolute Gasteiger partial charge is 0.269 e. The van der Waals surface area contributed by atoms with Crippen molar-refractivity contribution < 1.29 is 14.5 Å². The van der Waals surface area contributed by atoms with Crippen LogP contribution in [0.1, 0.15) is 10.4 Å². The second-order valence-corrected chi connectivity index (χ2v) is 6.89. The minimum Gasteiger partial charge on any atom is -0.272 e. The van der Waals surface area contributed by atoms with E-state index in [0.29, 0.717) is 9.50 Å². The van der Waals surface area contributed by atoms with Gasteiger partial charge in [-0.1, -0.05) is 23.5 Å². The number of nitro benzene ring substituents is 1. The number of hydrogen-bond donors (Lipinski definition) is 2. The molecule has 0 fully saturated rings. The monoisotopic (exact) mass is 385 g/mol. The van der Waals surface area contributed by atoms with Gasteiger partial charge in [-0.25, -0.2) is 4.98 Å². The summed E-state index contributed by atoms with van der Waals surface area (Å²) in [6.45, 7) is 0. The Morgan fingerprint density at radius 3 is 2.58 bits per heavy atom. The van der Waals surface area contributed by atoms with E-state index in [4.69, 9.17) is 0 Å². The number of hydrogen-bond acceptors (Lipinski definition) is 9. The molecule has 0 radical (unpaired) electrons. The number of benzene rings is 1. The van der Waals surface area contributed by atoms with Crippen LogP contribution >= 0.6 is 35.1 Å². The van der Waals surface area contributed by atoms with Crippen molar-refractivity contribution in [2.45, 2.75) is 9.50 Å². The molecule has 0 saturated heterocycles. The lowest BCUT2D eigenvalue weighted by molar-refractivity contribution is -0.384. The molecule has 2 rings (SSSR count). The average Bonchev–Trinajstić information content (AvgIpc) is 3.06. The van der Waals surface area contributed by atoms with E-state index in [0.717, 1.165) is 0 Å². The maximum Gasteiger partial charge on any atom is 0.269 e. The van der Waals surface area contributed by atoms with Crippen molar-refractivity contribution >= 4 is 52.6 Å². The van der Waals surface area contributed by atoms with Gasteiger partial charge in [-0.3, -0.25) is 30.6 Å². The zero-order valence-electron chi connectivity index (χ0n) is 12.2. The zero-order chi connectivity index (χ0) is 17.5. The summed E-state index contributed by atoms with van der Waals surface area (Å²) in [6, 6.07) is 5.04. The number of rotatable bonds is 6. The van der Waals surface area contributed by atoms with Crippen molar-refractivity contribution in [2.75, 3.05) is 12.0 Å². The van der Waals surface area contributed by atoms with Gasteiger partial charge in [0.1, 0.15) is 0 Å². The molecule has 12 heteroatoms. The Bertz CT molecular complexity index is 749. The van der Waals surface area contributed by atoms with E-state index in [1.54, 1.807) is 0 Å². The summed E-state index contributed by atoms with van der Waals surface area (Å²) in [5, 5.41) is 11.2. The Labute approximate surface area is 148 Å². The van der Waals surface area contributed by atoms with Gasteiger partial charge in [-0.2, -0.15) is 4.37 Å². The Morgan fingerprint density at radius 1 is 1.29 bits per heavy atom. The first kappa shape index (κ1) is 18.2. The maximum absolute atomic E-state index is 11.8. The summed E-state index contributed by atoms with van der Waals surface area (Å²) in [5.41, 5.74) is 4.59. The second-order valence-electron chi connectivity index (χ2n) is 4.14. The highest BCUT2D eigenvalue weighted by Gasteiger charge is 2.11. The van der Waals surface area contributed by atoms with Crippen molar-refractivity contribution in [3.63, 3.8) is 0 Å². The summed E-state index contributed by atoms with van der Waals surface area (Å²) in [4.78, 5) is 37.7. The SMILES string of the molecule is CSc1nsc(SCC(=O)NNC(=O)c2ccc([N+](=O)[O-])cc2)n1. The molecule has 2 N–H and O–H groups in total. The van der Waals surface area contributed by atoms with E-state index in [2.05, 4.69) is 20.2 Å². The number of nitrogens with one attached hydrogen (secondary N) is 2. The minimum atomic E-state index is -0.566. The molecule has 9 nitrogen and oxygen atoms in total. The molecule has 0 unspecified atom stereocenters. The molecular formula is C12H11N5O4S3. The third-order valence-electron chi connectivity index (χ3n) is 2.55. The number of carbonyl (C=O) groups excluding carboxylic acids is 2. The van der Waals surface area contributed by atoms with E-state index in [9.17, 15) is 19.7 Å². The first-order chi connectivity index (χ1) is 11.5. The van der Waals surface area contributed by atoms with E-state index in [1.165, 1.54) is 59.3 Å². The first-order valence-electron chi connectivity index (χ1n) is 6.33. The van der Waals surface area contributed by atoms with Crippen LogP contribution in [0.4, 0.5) is 5.69 Å². The van der Waals surface area contributed by atoms with Crippen molar-refractivity contribution in [1.82, 2.24) is 20.2 Å². The number of thioether (sulfide) groups is 2. The van der Waals surface area contributed by atoms with E-state index in [1.807, 2.05) is 6.26 Å². The maximum atomic E-state index is 11.8. The van der Waals surface area contributed by atoms with Crippen LogP contribution in [0.3, 0.4) is 0 Å². The van der Waals surface area contributed by atoms with Gasteiger partial charge in [0, 0.05) is 17.7 Å². The van der Waals surface area contributed by atoms with Gasteiger partial charge in [0.05, 0.1) is 10.7 Å². The van der Waals surface area contributed by atoms with Crippen LogP contribution in [0.15, 0.2) is 33.8 Å². The van der Waals surface area contributed by atoms with Crippen LogP contribution in [0.5, 0.6) is 0 Å². The molecule has 1 aromatic carbocycles. The standard InChI is InChI=1S/C12H11N5O4S3/c1-22-11-13-12(24-16-11)23-6-9(18)14-15-10(19)7-2-4-8(5-3-7)17(20)21/h2-5H,6H2,1H3,(H,14,18)(H,15,19). The van der Waals surface area contributed by atoms with Gasteiger partial charge in [-0.05, 0) is 29.9 Å². The molecule has 0 aliphatic carbocycles. The number of aromatic nitrogens is 2. The quantitative estimate of drug-likeness (QED) is 0.437. The van der Waals surface area contributed by atoms with Crippen LogP contribution in [0.25, 0.3) is 0 Å². The van der Waals surface area contributed by atoms with Gasteiger partial charge in [0.2, 0.25) is 11.1 Å². The summed E-state index contributed by atoms with van der Waals surface area (Å²) >= 11 is 3.82. The van der Waals surface area contributed by atoms with Gasteiger partial charge in [-0.15, -0.1) is 0 Å². The van der Waals surface area contributed by atoms with Crippen LogP contribution in [0, 0.1) is 10.1 Å². The largest absolute Gasteiger partial charge is 0.272 e. The molecule has 0 aliphatic heterocycles. The normalized spacial score (nSPS) is 10.2. The Kier molecular flexibility index (Phi) is 6.52. The lowest BCUT2D eigenvalue weighted by Crippen LogP contribution is -2.42. The fourth-order valence-electron chi connectivity index (χ4n) is 1.44. The molecule has 0 bridgehead atoms. The molecule has 0 aliphatic rings. The zero-order valence-corrected chi connectivity index (χ0v) is 14.7. The third kappa shape index (κ3) is 5.18. The second kappa shape index (κ2) is 8.61. The number of nitro groups is 1. The number of nitrogens with zero attached hydrogens (tertiary/aromatic N) is 3. The predicted molar refractivity (Wildman–Crippen MR) is 91.1 cm³/mol. The van der Waals surface area contributed by atoms with Crippen molar-refractivity contribution in [3.05, 3.63) is 39.9 Å². The van der Waals surface area contributed by atoms with E-state index >= 15 is 0 Å². The molecule has 0 saturated carbocycles. The van der Waals surface area contributed by atoms with Crippen molar-refractivity contribution in [1.29, 1.82) is 0 Å². The summed E-state index contributed by atoms with van der Waals surface area (Å²) in [7, 11) is 0. The Balaban J connectivity index is 1.78. The molecule has 2 aromatic rings. The highest BCUT2D eigenvalue weighted by Crippen LogP contribution is 2.23. The highest BCUT2D eigenvalue weighted by molar-refractivity contribution is 8.01. The summed E-state index contributed by atoms with van der Waals surface area (Å²) < 4.78 is 4.73. The fraction of sp³-hybridized carbons (Fsp3) is 0.167. The van der Waals surface area contributed by atoms with Gasteiger partial charge < -0.3 is 0 Å². The van der Waals surface area contributed by atoms with E-state index in [-0.39, 0.29) is 17.0 Å². The van der Waals surface area contributed by atoms with Crippen molar-refractivity contribution in [3.8, 4) is 0 Å². The molecule has 1 heterocycles. The highest BCUT2D eigenvalue weighted by atomic mass is 32.2. The van der Waals surface area contributed by atoms with Crippen LogP contribution in [-0.4, -0.2) is 38.1 Å². The molecule has 24 heavy (non-hydrogen) atoms. The Hall–Kier alpha value is -2.18. The summed E-state index contributed by atoms with van der Waals surface area (Å²) in [5.74, 6) is -0.899. The summed E-state index contributed by atoms with van der Waals surface area (Å²) in [6.07, 6.45) is 1.86. The number of amides is 2. The molecule has 2 amide bonds. The minimum absolute atomic E-state index is 0.0730.